The number of ether oxygens (including phenoxy) is 1. The zero-order valence-corrected chi connectivity index (χ0v) is 13.9. The van der Waals surface area contributed by atoms with Gasteiger partial charge in [-0.2, -0.15) is 0 Å². The second-order valence-corrected chi connectivity index (χ2v) is 7.45. The highest BCUT2D eigenvalue weighted by Crippen LogP contribution is 2.40. The van der Waals surface area contributed by atoms with E-state index < -0.39 is 23.1 Å². The molecule has 0 radical (unpaired) electrons. The average molecular weight is 299 g/mol. The number of carboxylic acids is 1. The Balaban J connectivity index is 2.66. The number of aliphatic carboxylic acids is 1. The van der Waals surface area contributed by atoms with Crippen LogP contribution in [0.25, 0.3) is 0 Å². The second kappa shape index (κ2) is 6.67. The van der Waals surface area contributed by atoms with Crippen molar-refractivity contribution in [3.8, 4) is 0 Å². The van der Waals surface area contributed by atoms with E-state index in [1.54, 1.807) is 20.8 Å². The Morgan fingerprint density at radius 3 is 2.24 bits per heavy atom. The Bertz CT molecular complexity index is 382. The standard InChI is InChI=1S/C16H29NO4/c1-11(2)16(13(18)19,9-8-12-6-7-12)10-17-14(20)21-15(3,4)5/h11-12H,6-10H2,1-5H3,(H,17,20)(H,18,19). The summed E-state index contributed by atoms with van der Waals surface area (Å²) >= 11 is 0. The fourth-order valence-corrected chi connectivity index (χ4v) is 2.42. The lowest BCUT2D eigenvalue weighted by Crippen LogP contribution is -2.47. The van der Waals surface area contributed by atoms with Crippen LogP contribution in [0, 0.1) is 17.3 Å². The van der Waals surface area contributed by atoms with Crippen LogP contribution in [0.3, 0.4) is 0 Å². The van der Waals surface area contributed by atoms with Crippen molar-refractivity contribution in [2.45, 2.75) is 65.9 Å². The van der Waals surface area contributed by atoms with Crippen LogP contribution in [0.15, 0.2) is 0 Å². The van der Waals surface area contributed by atoms with Gasteiger partial charge >= 0.3 is 12.1 Å². The fraction of sp³-hybridized carbons (Fsp3) is 0.875. The Morgan fingerprint density at radius 1 is 1.29 bits per heavy atom. The van der Waals surface area contributed by atoms with Gasteiger partial charge in [0.25, 0.3) is 0 Å². The molecular formula is C16H29NO4. The first-order valence-electron chi connectivity index (χ1n) is 7.77. The summed E-state index contributed by atoms with van der Waals surface area (Å²) in [7, 11) is 0. The monoisotopic (exact) mass is 299 g/mol. The molecule has 21 heavy (non-hydrogen) atoms. The summed E-state index contributed by atoms with van der Waals surface area (Å²) in [4.78, 5) is 23.6. The molecule has 1 aliphatic rings. The van der Waals surface area contributed by atoms with Crippen molar-refractivity contribution in [1.82, 2.24) is 5.32 Å². The maximum absolute atomic E-state index is 11.8. The number of carbonyl (C=O) groups is 2. The molecule has 1 rings (SSSR count). The fourth-order valence-electron chi connectivity index (χ4n) is 2.42. The van der Waals surface area contributed by atoms with Gasteiger partial charge < -0.3 is 15.2 Å². The molecule has 1 aliphatic carbocycles. The molecule has 0 saturated heterocycles. The third kappa shape index (κ3) is 5.56. The van der Waals surface area contributed by atoms with Crippen LogP contribution in [0.2, 0.25) is 0 Å². The summed E-state index contributed by atoms with van der Waals surface area (Å²) in [6.45, 7) is 9.27. The molecule has 1 saturated carbocycles. The molecule has 5 heteroatoms. The average Bonchev–Trinajstić information content (AvgIpc) is 3.09. The zero-order chi connectivity index (χ0) is 16.3. The van der Waals surface area contributed by atoms with Gasteiger partial charge in [-0.05, 0) is 45.4 Å². The first-order chi connectivity index (χ1) is 9.57. The van der Waals surface area contributed by atoms with Crippen LogP contribution in [0.4, 0.5) is 4.79 Å². The van der Waals surface area contributed by atoms with E-state index in [1.165, 1.54) is 12.8 Å². The molecule has 0 bridgehead atoms. The van der Waals surface area contributed by atoms with Crippen LogP contribution >= 0.6 is 0 Å². The molecule has 122 valence electrons. The zero-order valence-electron chi connectivity index (χ0n) is 13.9. The van der Waals surface area contributed by atoms with Gasteiger partial charge in [0.15, 0.2) is 0 Å². The van der Waals surface area contributed by atoms with Gasteiger partial charge in [-0.15, -0.1) is 0 Å². The van der Waals surface area contributed by atoms with Crippen molar-refractivity contribution in [3.05, 3.63) is 0 Å². The smallest absolute Gasteiger partial charge is 0.407 e. The lowest BCUT2D eigenvalue weighted by Gasteiger charge is -2.34. The Morgan fingerprint density at radius 2 is 1.86 bits per heavy atom. The summed E-state index contributed by atoms with van der Waals surface area (Å²) in [6, 6.07) is 0. The molecule has 0 aromatic carbocycles. The number of hydrogen-bond donors (Lipinski definition) is 2. The van der Waals surface area contributed by atoms with Crippen molar-refractivity contribution in [2.24, 2.45) is 17.3 Å². The molecule has 0 aromatic rings. The number of nitrogens with one attached hydrogen (secondary N) is 1. The highest BCUT2D eigenvalue weighted by atomic mass is 16.6. The summed E-state index contributed by atoms with van der Waals surface area (Å²) in [5.41, 5.74) is -1.50. The summed E-state index contributed by atoms with van der Waals surface area (Å²) in [5.74, 6) is -0.220. The Kier molecular flexibility index (Phi) is 5.65. The highest BCUT2D eigenvalue weighted by molar-refractivity contribution is 5.76. The SMILES string of the molecule is CC(C)C(CCC1CC1)(CNC(=O)OC(C)(C)C)C(=O)O. The van der Waals surface area contributed by atoms with E-state index in [0.717, 1.165) is 6.42 Å². The van der Waals surface area contributed by atoms with E-state index in [2.05, 4.69) is 5.32 Å². The topological polar surface area (TPSA) is 75.6 Å². The molecule has 0 heterocycles. The maximum atomic E-state index is 11.8. The molecule has 1 fully saturated rings. The lowest BCUT2D eigenvalue weighted by molar-refractivity contribution is -0.152. The molecule has 0 spiro atoms. The second-order valence-electron chi connectivity index (χ2n) is 7.45. The van der Waals surface area contributed by atoms with Crippen LogP contribution in [-0.2, 0) is 9.53 Å². The predicted molar refractivity (Wildman–Crippen MR) is 81.1 cm³/mol. The minimum absolute atomic E-state index is 0.0521. The third-order valence-electron chi connectivity index (χ3n) is 4.17. The van der Waals surface area contributed by atoms with E-state index in [0.29, 0.717) is 12.3 Å². The lowest BCUT2D eigenvalue weighted by atomic mass is 9.73. The van der Waals surface area contributed by atoms with Gasteiger partial charge in [-0.1, -0.05) is 26.7 Å². The first kappa shape index (κ1) is 17.8. The number of amides is 1. The van der Waals surface area contributed by atoms with Crippen molar-refractivity contribution in [1.29, 1.82) is 0 Å². The summed E-state index contributed by atoms with van der Waals surface area (Å²) < 4.78 is 5.19. The minimum atomic E-state index is -0.917. The molecule has 0 aromatic heterocycles. The van der Waals surface area contributed by atoms with E-state index in [9.17, 15) is 14.7 Å². The van der Waals surface area contributed by atoms with Gasteiger partial charge in [0, 0.05) is 6.54 Å². The van der Waals surface area contributed by atoms with Crippen molar-refractivity contribution in [2.75, 3.05) is 6.54 Å². The molecule has 5 nitrogen and oxygen atoms in total. The van der Waals surface area contributed by atoms with Crippen LogP contribution in [0.1, 0.15) is 60.3 Å². The normalized spacial score (nSPS) is 18.2. The van der Waals surface area contributed by atoms with Crippen molar-refractivity contribution >= 4 is 12.1 Å². The molecule has 1 unspecified atom stereocenters. The van der Waals surface area contributed by atoms with Crippen molar-refractivity contribution < 1.29 is 19.4 Å². The molecule has 0 aliphatic heterocycles. The third-order valence-corrected chi connectivity index (χ3v) is 4.17. The van der Waals surface area contributed by atoms with Gasteiger partial charge in [0.1, 0.15) is 5.60 Å². The number of carbonyl (C=O) groups excluding carboxylic acids is 1. The molecular weight excluding hydrogens is 270 g/mol. The maximum Gasteiger partial charge on any atom is 0.407 e. The van der Waals surface area contributed by atoms with Gasteiger partial charge in [-0.3, -0.25) is 4.79 Å². The number of rotatable bonds is 7. The van der Waals surface area contributed by atoms with E-state index >= 15 is 0 Å². The number of carboxylic acid groups (broad SMARTS) is 1. The van der Waals surface area contributed by atoms with E-state index in [1.807, 2.05) is 13.8 Å². The van der Waals surface area contributed by atoms with Crippen LogP contribution in [0.5, 0.6) is 0 Å². The first-order valence-corrected chi connectivity index (χ1v) is 7.77. The van der Waals surface area contributed by atoms with Gasteiger partial charge in [0.05, 0.1) is 5.41 Å². The Hall–Kier alpha value is -1.26. The summed E-state index contributed by atoms with van der Waals surface area (Å²) in [6.07, 6.45) is 3.36. The number of hydrogen-bond acceptors (Lipinski definition) is 3. The summed E-state index contributed by atoms with van der Waals surface area (Å²) in [5, 5.41) is 12.3. The van der Waals surface area contributed by atoms with E-state index in [-0.39, 0.29) is 12.5 Å². The molecule has 2 N–H and O–H groups in total. The largest absolute Gasteiger partial charge is 0.481 e. The van der Waals surface area contributed by atoms with Gasteiger partial charge in [-0.25, -0.2) is 4.79 Å². The van der Waals surface area contributed by atoms with Crippen LogP contribution < -0.4 is 5.32 Å². The quantitative estimate of drug-likeness (QED) is 0.755. The Labute approximate surface area is 127 Å². The highest BCUT2D eigenvalue weighted by Gasteiger charge is 2.43. The van der Waals surface area contributed by atoms with Crippen LogP contribution in [-0.4, -0.2) is 29.3 Å². The minimum Gasteiger partial charge on any atom is -0.481 e. The molecule has 1 amide bonds. The van der Waals surface area contributed by atoms with E-state index in [4.69, 9.17) is 4.74 Å². The predicted octanol–water partition coefficient (Wildman–Crippen LogP) is 3.43. The van der Waals surface area contributed by atoms with Gasteiger partial charge in [0.2, 0.25) is 0 Å². The molecule has 1 atom stereocenters. The van der Waals surface area contributed by atoms with Crippen molar-refractivity contribution in [3.63, 3.8) is 0 Å². The number of alkyl carbamates (subject to hydrolysis) is 1.